The number of phenols is 1. The van der Waals surface area contributed by atoms with Gasteiger partial charge in [0, 0.05) is 5.69 Å². The van der Waals surface area contributed by atoms with E-state index < -0.39 is 16.0 Å². The van der Waals surface area contributed by atoms with E-state index in [2.05, 4.69) is 4.72 Å². The molecule has 0 atom stereocenters. The molecular weight excluding hydrogens is 290 g/mol. The lowest BCUT2D eigenvalue weighted by Gasteiger charge is -2.07. The van der Waals surface area contributed by atoms with E-state index in [4.69, 9.17) is 10.2 Å². The largest absolute Gasteiger partial charge is 0.508 e. The van der Waals surface area contributed by atoms with Gasteiger partial charge in [0.05, 0.1) is 0 Å². The van der Waals surface area contributed by atoms with Gasteiger partial charge in [0.2, 0.25) is 0 Å². The van der Waals surface area contributed by atoms with Crippen molar-refractivity contribution < 1.29 is 23.4 Å². The summed E-state index contributed by atoms with van der Waals surface area (Å²) in [5.74, 6) is -1.29. The lowest BCUT2D eigenvalue weighted by atomic mass is 10.3. The van der Waals surface area contributed by atoms with Gasteiger partial charge in [-0.15, -0.1) is 11.3 Å². The third kappa shape index (κ3) is 2.85. The molecule has 6 nitrogen and oxygen atoms in total. The van der Waals surface area contributed by atoms with E-state index in [1.54, 1.807) is 0 Å². The van der Waals surface area contributed by atoms with Gasteiger partial charge in [-0.05, 0) is 35.7 Å². The number of carbonyl (C=O) groups is 1. The second-order valence-electron chi connectivity index (χ2n) is 3.57. The van der Waals surface area contributed by atoms with Crippen molar-refractivity contribution in [3.8, 4) is 5.75 Å². The topological polar surface area (TPSA) is 104 Å². The highest BCUT2D eigenvalue weighted by molar-refractivity contribution is 7.93. The minimum atomic E-state index is -3.96. The number of benzene rings is 1. The predicted molar refractivity (Wildman–Crippen MR) is 70.2 cm³/mol. The molecule has 3 N–H and O–H groups in total. The van der Waals surface area contributed by atoms with Crippen molar-refractivity contribution in [3.05, 3.63) is 40.6 Å². The fraction of sp³-hybridized carbons (Fsp3) is 0. The SMILES string of the molecule is O=C(O)c1sccc1S(=O)(=O)Nc1ccc(O)cc1. The first-order chi connectivity index (χ1) is 8.90. The summed E-state index contributed by atoms with van der Waals surface area (Å²) in [7, 11) is -3.96. The van der Waals surface area contributed by atoms with Gasteiger partial charge in [0.25, 0.3) is 10.0 Å². The molecule has 0 bridgehead atoms. The third-order valence-corrected chi connectivity index (χ3v) is 4.69. The van der Waals surface area contributed by atoms with Crippen LogP contribution < -0.4 is 4.72 Å². The van der Waals surface area contributed by atoms with Crippen molar-refractivity contribution in [2.45, 2.75) is 4.90 Å². The van der Waals surface area contributed by atoms with Crippen molar-refractivity contribution in [2.75, 3.05) is 4.72 Å². The van der Waals surface area contributed by atoms with Crippen molar-refractivity contribution in [2.24, 2.45) is 0 Å². The van der Waals surface area contributed by atoms with E-state index in [1.165, 1.54) is 35.7 Å². The van der Waals surface area contributed by atoms with Crippen molar-refractivity contribution in [1.82, 2.24) is 0 Å². The zero-order valence-corrected chi connectivity index (χ0v) is 11.0. The number of hydrogen-bond acceptors (Lipinski definition) is 5. The number of nitrogens with one attached hydrogen (secondary N) is 1. The summed E-state index contributed by atoms with van der Waals surface area (Å²) in [6.45, 7) is 0. The minimum Gasteiger partial charge on any atom is -0.508 e. The number of sulfonamides is 1. The Morgan fingerprint density at radius 2 is 1.79 bits per heavy atom. The molecule has 19 heavy (non-hydrogen) atoms. The molecule has 0 aliphatic heterocycles. The van der Waals surface area contributed by atoms with Crippen LogP contribution in [0.3, 0.4) is 0 Å². The number of carboxylic acids is 1. The highest BCUT2D eigenvalue weighted by Crippen LogP contribution is 2.25. The van der Waals surface area contributed by atoms with Crippen LogP contribution in [0.2, 0.25) is 0 Å². The first kappa shape index (κ1) is 13.4. The zero-order chi connectivity index (χ0) is 14.0. The van der Waals surface area contributed by atoms with Crippen molar-refractivity contribution >= 4 is 33.0 Å². The Labute approximate surface area is 113 Å². The maximum absolute atomic E-state index is 12.0. The van der Waals surface area contributed by atoms with Crippen molar-refractivity contribution in [3.63, 3.8) is 0 Å². The molecule has 2 rings (SSSR count). The van der Waals surface area contributed by atoms with Crippen LogP contribution in [0.4, 0.5) is 5.69 Å². The fourth-order valence-electron chi connectivity index (χ4n) is 1.40. The van der Waals surface area contributed by atoms with E-state index >= 15 is 0 Å². The van der Waals surface area contributed by atoms with E-state index in [1.807, 2.05) is 0 Å². The number of hydrogen-bond donors (Lipinski definition) is 3. The monoisotopic (exact) mass is 299 g/mol. The molecule has 0 unspecified atom stereocenters. The Morgan fingerprint density at radius 1 is 1.16 bits per heavy atom. The van der Waals surface area contributed by atoms with Gasteiger partial charge in [-0.2, -0.15) is 0 Å². The number of anilines is 1. The summed E-state index contributed by atoms with van der Waals surface area (Å²) >= 11 is 0.839. The quantitative estimate of drug-likeness (QED) is 0.749. The number of aromatic hydroxyl groups is 1. The van der Waals surface area contributed by atoms with Crippen LogP contribution >= 0.6 is 11.3 Å². The average Bonchev–Trinajstić information content (AvgIpc) is 2.82. The summed E-state index contributed by atoms with van der Waals surface area (Å²) in [5.41, 5.74) is 0.236. The van der Waals surface area contributed by atoms with Gasteiger partial charge in [0.15, 0.2) is 0 Å². The van der Waals surface area contributed by atoms with Gasteiger partial charge in [-0.3, -0.25) is 4.72 Å². The van der Waals surface area contributed by atoms with Gasteiger partial charge < -0.3 is 10.2 Å². The van der Waals surface area contributed by atoms with Gasteiger partial charge in [-0.1, -0.05) is 0 Å². The maximum Gasteiger partial charge on any atom is 0.347 e. The van der Waals surface area contributed by atoms with Crippen LogP contribution in [0.1, 0.15) is 9.67 Å². The molecule has 8 heteroatoms. The molecule has 0 radical (unpaired) electrons. The lowest BCUT2D eigenvalue weighted by molar-refractivity contribution is 0.0698. The second-order valence-corrected chi connectivity index (χ2v) is 6.14. The molecule has 0 aliphatic rings. The Kier molecular flexibility index (Phi) is 3.45. The molecule has 100 valence electrons. The van der Waals surface area contributed by atoms with E-state index in [-0.39, 0.29) is 21.2 Å². The van der Waals surface area contributed by atoms with Crippen LogP contribution in [-0.4, -0.2) is 24.6 Å². The molecule has 0 saturated carbocycles. The Balaban J connectivity index is 2.35. The first-order valence-electron chi connectivity index (χ1n) is 5.03. The lowest BCUT2D eigenvalue weighted by Crippen LogP contribution is -2.15. The zero-order valence-electron chi connectivity index (χ0n) is 9.40. The summed E-state index contributed by atoms with van der Waals surface area (Å²) in [5, 5.41) is 19.4. The summed E-state index contributed by atoms with van der Waals surface area (Å²) in [6, 6.07) is 6.63. The van der Waals surface area contributed by atoms with Crippen LogP contribution in [0, 0.1) is 0 Å². The Hall–Kier alpha value is -2.06. The van der Waals surface area contributed by atoms with Crippen molar-refractivity contribution in [1.29, 1.82) is 0 Å². The number of phenolic OH excluding ortho intramolecular Hbond substituents is 1. The highest BCUT2D eigenvalue weighted by atomic mass is 32.2. The molecule has 0 amide bonds. The Morgan fingerprint density at radius 3 is 2.37 bits per heavy atom. The number of aromatic carboxylic acids is 1. The van der Waals surface area contributed by atoms with Crippen LogP contribution in [0.15, 0.2) is 40.6 Å². The summed E-state index contributed by atoms with van der Waals surface area (Å²) in [4.78, 5) is 10.4. The predicted octanol–water partition coefficient (Wildman–Crippen LogP) is 1.95. The number of rotatable bonds is 4. The summed E-state index contributed by atoms with van der Waals surface area (Å²) in [6.07, 6.45) is 0. The van der Waals surface area contributed by atoms with Gasteiger partial charge >= 0.3 is 5.97 Å². The minimum absolute atomic E-state index is 0.00436. The molecular formula is C11H9NO5S2. The third-order valence-electron chi connectivity index (χ3n) is 2.23. The van der Waals surface area contributed by atoms with E-state index in [9.17, 15) is 13.2 Å². The van der Waals surface area contributed by atoms with E-state index in [0.29, 0.717) is 0 Å². The van der Waals surface area contributed by atoms with Crippen LogP contribution in [0.25, 0.3) is 0 Å². The van der Waals surface area contributed by atoms with E-state index in [0.717, 1.165) is 11.3 Å². The maximum atomic E-state index is 12.0. The normalized spacial score (nSPS) is 11.2. The molecule has 1 aromatic carbocycles. The summed E-state index contributed by atoms with van der Waals surface area (Å²) < 4.78 is 26.3. The first-order valence-corrected chi connectivity index (χ1v) is 7.39. The number of carboxylic acid groups (broad SMARTS) is 1. The van der Waals surface area contributed by atoms with Gasteiger partial charge in [0.1, 0.15) is 15.5 Å². The second kappa shape index (κ2) is 4.90. The Bertz CT molecular complexity index is 703. The average molecular weight is 299 g/mol. The van der Waals surface area contributed by atoms with Crippen LogP contribution in [-0.2, 0) is 10.0 Å². The molecule has 0 spiro atoms. The smallest absolute Gasteiger partial charge is 0.347 e. The van der Waals surface area contributed by atoms with Gasteiger partial charge in [-0.25, -0.2) is 13.2 Å². The standard InChI is InChI=1S/C11H9NO5S2/c13-8-3-1-7(2-4-8)12-19(16,17)9-5-6-18-10(9)11(14)15/h1-6,12-13H,(H,14,15). The molecule has 0 aliphatic carbocycles. The molecule has 1 heterocycles. The molecule has 0 saturated heterocycles. The molecule has 0 fully saturated rings. The molecule has 1 aromatic heterocycles. The van der Waals surface area contributed by atoms with Crippen LogP contribution in [0.5, 0.6) is 5.75 Å². The fourth-order valence-corrected chi connectivity index (χ4v) is 3.72. The molecule has 2 aromatic rings. The number of thiophene rings is 1. The highest BCUT2D eigenvalue weighted by Gasteiger charge is 2.23.